The first-order chi connectivity index (χ1) is 10.1. The molecule has 6 nitrogen and oxygen atoms in total. The number of carboxylic acid groups (broad SMARTS) is 1. The molecular formula is C15H26N2O4. The Morgan fingerprint density at radius 1 is 1.29 bits per heavy atom. The van der Waals surface area contributed by atoms with Gasteiger partial charge in [0.1, 0.15) is 0 Å². The molecule has 2 aliphatic heterocycles. The number of piperidine rings is 1. The molecule has 0 aromatic heterocycles. The second-order valence-electron chi connectivity index (χ2n) is 5.94. The molecule has 1 amide bonds. The van der Waals surface area contributed by atoms with Crippen LogP contribution in [0.3, 0.4) is 0 Å². The zero-order chi connectivity index (χ0) is 15.4. The number of ether oxygens (including phenoxy) is 1. The smallest absolute Gasteiger partial charge is 0.310 e. The summed E-state index contributed by atoms with van der Waals surface area (Å²) in [5.74, 6) is -1.26. The van der Waals surface area contributed by atoms with Crippen LogP contribution in [0.15, 0.2) is 0 Å². The van der Waals surface area contributed by atoms with Crippen molar-refractivity contribution in [1.29, 1.82) is 0 Å². The molecule has 1 N–H and O–H groups in total. The van der Waals surface area contributed by atoms with Gasteiger partial charge in [0.15, 0.2) is 0 Å². The van der Waals surface area contributed by atoms with Crippen molar-refractivity contribution in [1.82, 2.24) is 9.80 Å². The maximum Gasteiger partial charge on any atom is 0.310 e. The van der Waals surface area contributed by atoms with Crippen molar-refractivity contribution in [2.75, 3.05) is 32.8 Å². The first-order valence-electron chi connectivity index (χ1n) is 7.91. The third-order valence-corrected chi connectivity index (χ3v) is 4.68. The van der Waals surface area contributed by atoms with E-state index in [-0.39, 0.29) is 24.6 Å². The highest BCUT2D eigenvalue weighted by Gasteiger charge is 2.41. The Hall–Kier alpha value is -1.14. The molecule has 0 aliphatic carbocycles. The largest absolute Gasteiger partial charge is 0.481 e. The SMILES string of the molecule is CCN(C(C)C(=O)N1CCCCC1)C1COCC1C(=O)O. The van der Waals surface area contributed by atoms with Crippen LogP contribution in [0.5, 0.6) is 0 Å². The van der Waals surface area contributed by atoms with Crippen molar-refractivity contribution >= 4 is 11.9 Å². The van der Waals surface area contributed by atoms with Gasteiger partial charge in [-0.3, -0.25) is 14.5 Å². The Labute approximate surface area is 126 Å². The maximum absolute atomic E-state index is 12.6. The van der Waals surface area contributed by atoms with Crippen molar-refractivity contribution < 1.29 is 19.4 Å². The lowest BCUT2D eigenvalue weighted by Gasteiger charge is -2.37. The van der Waals surface area contributed by atoms with E-state index in [9.17, 15) is 14.7 Å². The third-order valence-electron chi connectivity index (χ3n) is 4.68. The molecule has 21 heavy (non-hydrogen) atoms. The minimum Gasteiger partial charge on any atom is -0.481 e. The van der Waals surface area contributed by atoms with E-state index < -0.39 is 11.9 Å². The third kappa shape index (κ3) is 3.55. The van der Waals surface area contributed by atoms with Crippen LogP contribution in [0.4, 0.5) is 0 Å². The summed E-state index contributed by atoms with van der Waals surface area (Å²) < 4.78 is 5.34. The highest BCUT2D eigenvalue weighted by atomic mass is 16.5. The van der Waals surface area contributed by atoms with E-state index in [4.69, 9.17) is 4.74 Å². The highest BCUT2D eigenvalue weighted by Crippen LogP contribution is 2.23. The number of hydrogen-bond donors (Lipinski definition) is 1. The lowest BCUT2D eigenvalue weighted by atomic mass is 10.00. The Kier molecular flexibility index (Phi) is 5.58. The van der Waals surface area contributed by atoms with Gasteiger partial charge in [-0.25, -0.2) is 0 Å². The molecule has 0 aromatic rings. The molecule has 2 rings (SSSR count). The normalized spacial score (nSPS) is 27.9. The van der Waals surface area contributed by atoms with Gasteiger partial charge in [-0.05, 0) is 32.7 Å². The second kappa shape index (κ2) is 7.22. The predicted octanol–water partition coefficient (Wildman–Crippen LogP) is 0.809. The van der Waals surface area contributed by atoms with E-state index in [0.717, 1.165) is 25.9 Å². The van der Waals surface area contributed by atoms with Crippen LogP contribution in [-0.2, 0) is 14.3 Å². The number of rotatable bonds is 5. The van der Waals surface area contributed by atoms with Crippen LogP contribution in [0.1, 0.15) is 33.1 Å². The summed E-state index contributed by atoms with van der Waals surface area (Å²) >= 11 is 0. The summed E-state index contributed by atoms with van der Waals surface area (Å²) in [5, 5.41) is 9.30. The minimum atomic E-state index is -0.839. The van der Waals surface area contributed by atoms with Gasteiger partial charge in [-0.15, -0.1) is 0 Å². The zero-order valence-corrected chi connectivity index (χ0v) is 13.0. The summed E-state index contributed by atoms with van der Waals surface area (Å²) in [6.07, 6.45) is 3.32. The number of nitrogens with zero attached hydrogens (tertiary/aromatic N) is 2. The molecule has 3 atom stereocenters. The van der Waals surface area contributed by atoms with Gasteiger partial charge in [0.2, 0.25) is 5.91 Å². The summed E-state index contributed by atoms with van der Waals surface area (Å²) in [5.41, 5.74) is 0. The predicted molar refractivity (Wildman–Crippen MR) is 78.0 cm³/mol. The quantitative estimate of drug-likeness (QED) is 0.813. The summed E-state index contributed by atoms with van der Waals surface area (Å²) in [6, 6.07) is -0.502. The molecule has 0 radical (unpaired) electrons. The lowest BCUT2D eigenvalue weighted by Crippen LogP contribution is -2.54. The number of likely N-dealkylation sites (N-methyl/N-ethyl adjacent to an activating group) is 1. The van der Waals surface area contributed by atoms with Gasteiger partial charge in [0.25, 0.3) is 0 Å². The van der Waals surface area contributed by atoms with Gasteiger partial charge >= 0.3 is 5.97 Å². The Balaban J connectivity index is 2.05. The second-order valence-corrected chi connectivity index (χ2v) is 5.94. The number of amides is 1. The van der Waals surface area contributed by atoms with Crippen LogP contribution >= 0.6 is 0 Å². The molecular weight excluding hydrogens is 272 g/mol. The number of carboxylic acids is 1. The van der Waals surface area contributed by atoms with Crippen molar-refractivity contribution in [3.8, 4) is 0 Å². The molecule has 120 valence electrons. The molecule has 0 bridgehead atoms. The van der Waals surface area contributed by atoms with Crippen LogP contribution in [0.2, 0.25) is 0 Å². The fourth-order valence-electron chi connectivity index (χ4n) is 3.42. The lowest BCUT2D eigenvalue weighted by molar-refractivity contribution is -0.146. The first kappa shape index (κ1) is 16.2. The van der Waals surface area contributed by atoms with Crippen molar-refractivity contribution in [2.45, 2.75) is 45.2 Å². The minimum absolute atomic E-state index is 0.118. The molecule has 0 aromatic carbocycles. The number of likely N-dealkylation sites (tertiary alicyclic amines) is 1. The van der Waals surface area contributed by atoms with E-state index in [2.05, 4.69) is 0 Å². The average molecular weight is 298 g/mol. The zero-order valence-electron chi connectivity index (χ0n) is 13.0. The topological polar surface area (TPSA) is 70.1 Å². The summed E-state index contributed by atoms with van der Waals surface area (Å²) in [4.78, 5) is 27.9. The molecule has 0 saturated carbocycles. The Morgan fingerprint density at radius 2 is 1.95 bits per heavy atom. The van der Waals surface area contributed by atoms with Crippen LogP contribution in [0.25, 0.3) is 0 Å². The molecule has 2 heterocycles. The molecule has 6 heteroatoms. The number of hydrogen-bond acceptors (Lipinski definition) is 4. The van der Waals surface area contributed by atoms with E-state index in [1.807, 2.05) is 23.6 Å². The van der Waals surface area contributed by atoms with Gasteiger partial charge in [0, 0.05) is 19.1 Å². The number of aliphatic carboxylic acids is 1. The molecule has 2 saturated heterocycles. The first-order valence-corrected chi connectivity index (χ1v) is 7.91. The average Bonchev–Trinajstić information content (AvgIpc) is 2.97. The summed E-state index contributed by atoms with van der Waals surface area (Å²) in [6.45, 7) is 6.78. The van der Waals surface area contributed by atoms with Crippen LogP contribution < -0.4 is 0 Å². The molecule has 2 aliphatic rings. The number of carbonyl (C=O) groups excluding carboxylic acids is 1. The van der Waals surface area contributed by atoms with E-state index in [0.29, 0.717) is 13.2 Å². The molecule has 3 unspecified atom stereocenters. The van der Waals surface area contributed by atoms with E-state index >= 15 is 0 Å². The Morgan fingerprint density at radius 3 is 2.52 bits per heavy atom. The highest BCUT2D eigenvalue weighted by molar-refractivity contribution is 5.81. The van der Waals surface area contributed by atoms with Crippen LogP contribution in [0, 0.1) is 5.92 Å². The molecule has 2 fully saturated rings. The standard InChI is InChI=1S/C15H26N2O4/c1-3-17(13-10-21-9-12(13)15(19)20)11(2)14(18)16-7-5-4-6-8-16/h11-13H,3-10H2,1-2H3,(H,19,20). The fourth-order valence-corrected chi connectivity index (χ4v) is 3.42. The Bertz CT molecular complexity index is 382. The number of carbonyl (C=O) groups is 2. The van der Waals surface area contributed by atoms with Crippen molar-refractivity contribution in [3.05, 3.63) is 0 Å². The maximum atomic E-state index is 12.6. The van der Waals surface area contributed by atoms with Gasteiger partial charge < -0.3 is 14.7 Å². The van der Waals surface area contributed by atoms with Gasteiger partial charge in [0.05, 0.1) is 25.2 Å². The van der Waals surface area contributed by atoms with E-state index in [1.54, 1.807) is 0 Å². The van der Waals surface area contributed by atoms with E-state index in [1.165, 1.54) is 6.42 Å². The summed E-state index contributed by atoms with van der Waals surface area (Å²) in [7, 11) is 0. The van der Waals surface area contributed by atoms with Crippen LogP contribution in [-0.4, -0.2) is 71.7 Å². The van der Waals surface area contributed by atoms with Gasteiger partial charge in [-0.2, -0.15) is 0 Å². The monoisotopic (exact) mass is 298 g/mol. The van der Waals surface area contributed by atoms with Crippen molar-refractivity contribution in [3.63, 3.8) is 0 Å². The van der Waals surface area contributed by atoms with Gasteiger partial charge in [-0.1, -0.05) is 6.92 Å². The fraction of sp³-hybridized carbons (Fsp3) is 0.867. The van der Waals surface area contributed by atoms with Crippen molar-refractivity contribution in [2.24, 2.45) is 5.92 Å². The molecule has 0 spiro atoms.